The van der Waals surface area contributed by atoms with Gasteiger partial charge in [0.2, 0.25) is 11.8 Å². The van der Waals surface area contributed by atoms with Gasteiger partial charge in [-0.05, 0) is 44.2 Å². The molecule has 0 spiro atoms. The Kier molecular flexibility index (Phi) is 4.69. The molecule has 2 aliphatic heterocycles. The minimum atomic E-state index is -0.115. The first-order valence-corrected chi connectivity index (χ1v) is 8.77. The molecule has 2 atom stereocenters. The predicted octanol–water partition coefficient (Wildman–Crippen LogP) is 2.92. The van der Waals surface area contributed by atoms with Crippen LogP contribution < -0.4 is 0 Å². The van der Waals surface area contributed by atoms with Crippen LogP contribution in [0, 0.1) is 12.8 Å². The third kappa shape index (κ3) is 2.99. The summed E-state index contributed by atoms with van der Waals surface area (Å²) in [4.78, 5) is 29.4. The Morgan fingerprint density at radius 3 is 2.57 bits per heavy atom. The van der Waals surface area contributed by atoms with E-state index in [0.717, 1.165) is 37.1 Å². The van der Waals surface area contributed by atoms with Crippen LogP contribution in [-0.2, 0) is 9.59 Å². The molecule has 0 aliphatic carbocycles. The molecule has 0 saturated carbocycles. The molecule has 2 fully saturated rings. The Morgan fingerprint density at radius 1 is 1.22 bits per heavy atom. The summed E-state index contributed by atoms with van der Waals surface area (Å²) < 4.78 is 0. The Labute approximate surface area is 138 Å². The number of rotatable bonds is 3. The summed E-state index contributed by atoms with van der Waals surface area (Å²) in [7, 11) is 0. The van der Waals surface area contributed by atoms with E-state index in [1.807, 2.05) is 28.9 Å². The zero-order valence-corrected chi connectivity index (χ0v) is 14.1. The number of carbonyl (C=O) groups is 2. The molecule has 0 N–H and O–H groups in total. The summed E-state index contributed by atoms with van der Waals surface area (Å²) >= 11 is 0. The molecule has 0 bridgehead atoms. The van der Waals surface area contributed by atoms with Crippen molar-refractivity contribution < 1.29 is 9.59 Å². The Morgan fingerprint density at radius 2 is 1.91 bits per heavy atom. The van der Waals surface area contributed by atoms with Gasteiger partial charge in [-0.2, -0.15) is 0 Å². The van der Waals surface area contributed by atoms with Crippen LogP contribution in [0.3, 0.4) is 0 Å². The van der Waals surface area contributed by atoms with Gasteiger partial charge in [-0.3, -0.25) is 9.59 Å². The van der Waals surface area contributed by atoms with E-state index in [0.29, 0.717) is 19.4 Å². The Bertz CT molecular complexity index is 593. The molecule has 2 saturated heterocycles. The molecule has 2 amide bonds. The maximum absolute atomic E-state index is 13.1. The summed E-state index contributed by atoms with van der Waals surface area (Å²) in [5.74, 6) is 0.305. The highest BCUT2D eigenvalue weighted by molar-refractivity contribution is 5.85. The lowest BCUT2D eigenvalue weighted by molar-refractivity contribution is -0.147. The lowest BCUT2D eigenvalue weighted by atomic mass is 9.82. The molecular weight excluding hydrogens is 288 g/mol. The minimum absolute atomic E-state index is 0.105. The number of piperidine rings is 1. The third-order valence-corrected chi connectivity index (χ3v) is 5.29. The molecular formula is C19H26N2O2. The van der Waals surface area contributed by atoms with E-state index in [2.05, 4.69) is 19.1 Å². The number of aryl methyl sites for hydroxylation is 1. The van der Waals surface area contributed by atoms with Crippen molar-refractivity contribution in [2.45, 2.75) is 45.6 Å². The predicted molar refractivity (Wildman–Crippen MR) is 89.8 cm³/mol. The summed E-state index contributed by atoms with van der Waals surface area (Å²) in [6, 6.07) is 8.05. The molecule has 3 rings (SSSR count). The average molecular weight is 314 g/mol. The second-order valence-corrected chi connectivity index (χ2v) is 6.66. The molecule has 2 aliphatic rings. The minimum Gasteiger partial charge on any atom is -0.342 e. The number of amides is 2. The van der Waals surface area contributed by atoms with Gasteiger partial charge in [-0.1, -0.05) is 24.3 Å². The van der Waals surface area contributed by atoms with Gasteiger partial charge in [0, 0.05) is 26.1 Å². The van der Waals surface area contributed by atoms with Crippen LogP contribution in [0.5, 0.6) is 0 Å². The van der Waals surface area contributed by atoms with E-state index >= 15 is 0 Å². The Balaban J connectivity index is 1.97. The molecule has 0 aromatic heterocycles. The SMILES string of the molecule is CCN1C(=O)CC[C@@H](C(=O)N2CCCC2)[C@@H]1c1ccccc1C. The lowest BCUT2D eigenvalue weighted by Crippen LogP contribution is -2.48. The number of hydrogen-bond acceptors (Lipinski definition) is 2. The number of benzene rings is 1. The smallest absolute Gasteiger partial charge is 0.228 e. The second kappa shape index (κ2) is 6.73. The fourth-order valence-electron chi connectivity index (χ4n) is 4.06. The van der Waals surface area contributed by atoms with Crippen LogP contribution in [0.25, 0.3) is 0 Å². The lowest BCUT2D eigenvalue weighted by Gasteiger charge is -2.42. The monoisotopic (exact) mass is 314 g/mol. The number of hydrogen-bond donors (Lipinski definition) is 0. The normalized spacial score (nSPS) is 25.0. The highest BCUT2D eigenvalue weighted by Crippen LogP contribution is 2.39. The van der Waals surface area contributed by atoms with Crippen LogP contribution in [0.1, 0.15) is 49.8 Å². The summed E-state index contributed by atoms with van der Waals surface area (Å²) in [6.45, 7) is 6.47. The zero-order valence-electron chi connectivity index (χ0n) is 14.1. The van der Waals surface area contributed by atoms with Gasteiger partial charge in [0.05, 0.1) is 12.0 Å². The van der Waals surface area contributed by atoms with Gasteiger partial charge in [-0.15, -0.1) is 0 Å². The average Bonchev–Trinajstić information content (AvgIpc) is 3.09. The summed E-state index contributed by atoms with van der Waals surface area (Å²) in [5.41, 5.74) is 2.28. The van der Waals surface area contributed by atoms with E-state index in [9.17, 15) is 9.59 Å². The van der Waals surface area contributed by atoms with E-state index in [4.69, 9.17) is 0 Å². The summed E-state index contributed by atoms with van der Waals surface area (Å²) in [5, 5.41) is 0. The zero-order chi connectivity index (χ0) is 16.4. The van der Waals surface area contributed by atoms with Crippen LogP contribution in [0.2, 0.25) is 0 Å². The van der Waals surface area contributed by atoms with Crippen molar-refractivity contribution in [2.75, 3.05) is 19.6 Å². The van der Waals surface area contributed by atoms with Crippen molar-refractivity contribution >= 4 is 11.8 Å². The molecule has 1 aromatic rings. The molecule has 1 aromatic carbocycles. The first-order chi connectivity index (χ1) is 11.1. The van der Waals surface area contributed by atoms with Crippen LogP contribution in [0.4, 0.5) is 0 Å². The van der Waals surface area contributed by atoms with Gasteiger partial charge in [0.25, 0.3) is 0 Å². The summed E-state index contributed by atoms with van der Waals surface area (Å²) in [6.07, 6.45) is 3.36. The van der Waals surface area contributed by atoms with Gasteiger partial charge >= 0.3 is 0 Å². The maximum atomic E-state index is 13.1. The van der Waals surface area contributed by atoms with Crippen molar-refractivity contribution in [3.63, 3.8) is 0 Å². The van der Waals surface area contributed by atoms with E-state index in [1.165, 1.54) is 0 Å². The number of nitrogens with zero attached hydrogens (tertiary/aromatic N) is 2. The number of likely N-dealkylation sites (tertiary alicyclic amines) is 2. The first kappa shape index (κ1) is 16.0. The topological polar surface area (TPSA) is 40.6 Å². The fourth-order valence-corrected chi connectivity index (χ4v) is 4.06. The van der Waals surface area contributed by atoms with Gasteiger partial charge < -0.3 is 9.80 Å². The van der Waals surface area contributed by atoms with E-state index in [1.54, 1.807) is 0 Å². The molecule has 2 heterocycles. The van der Waals surface area contributed by atoms with Crippen LogP contribution >= 0.6 is 0 Å². The molecule has 4 heteroatoms. The van der Waals surface area contributed by atoms with Gasteiger partial charge in [0.15, 0.2) is 0 Å². The third-order valence-electron chi connectivity index (χ3n) is 5.29. The van der Waals surface area contributed by atoms with E-state index < -0.39 is 0 Å². The number of carbonyl (C=O) groups excluding carboxylic acids is 2. The molecule has 4 nitrogen and oxygen atoms in total. The van der Waals surface area contributed by atoms with Crippen molar-refractivity contribution in [1.82, 2.24) is 9.80 Å². The molecule has 0 radical (unpaired) electrons. The van der Waals surface area contributed by atoms with Crippen LogP contribution in [0.15, 0.2) is 24.3 Å². The largest absolute Gasteiger partial charge is 0.342 e. The highest BCUT2D eigenvalue weighted by atomic mass is 16.2. The van der Waals surface area contributed by atoms with Gasteiger partial charge in [0.1, 0.15) is 0 Å². The highest BCUT2D eigenvalue weighted by Gasteiger charge is 2.42. The molecule has 0 unspecified atom stereocenters. The van der Waals surface area contributed by atoms with Crippen molar-refractivity contribution in [3.05, 3.63) is 35.4 Å². The van der Waals surface area contributed by atoms with Crippen LogP contribution in [-0.4, -0.2) is 41.2 Å². The second-order valence-electron chi connectivity index (χ2n) is 6.66. The van der Waals surface area contributed by atoms with Gasteiger partial charge in [-0.25, -0.2) is 0 Å². The Hall–Kier alpha value is -1.84. The fraction of sp³-hybridized carbons (Fsp3) is 0.579. The van der Waals surface area contributed by atoms with E-state index in [-0.39, 0.29) is 23.8 Å². The quantitative estimate of drug-likeness (QED) is 0.861. The molecule has 23 heavy (non-hydrogen) atoms. The molecule has 124 valence electrons. The van der Waals surface area contributed by atoms with Crippen molar-refractivity contribution in [1.29, 1.82) is 0 Å². The maximum Gasteiger partial charge on any atom is 0.228 e. The van der Waals surface area contributed by atoms with Crippen molar-refractivity contribution in [2.24, 2.45) is 5.92 Å². The van der Waals surface area contributed by atoms with Crippen molar-refractivity contribution in [3.8, 4) is 0 Å². The first-order valence-electron chi connectivity index (χ1n) is 8.77. The standard InChI is InChI=1S/C19H26N2O2/c1-3-21-17(22)11-10-16(19(23)20-12-6-7-13-20)18(21)15-9-5-4-8-14(15)2/h4-5,8-9,16,18H,3,6-7,10-13H2,1-2H3/t16-,18+/m1/s1.